The van der Waals surface area contributed by atoms with Crippen LogP contribution in [-0.2, 0) is 27.2 Å². The van der Waals surface area contributed by atoms with Crippen LogP contribution in [0.2, 0.25) is 10.0 Å². The molecule has 1 heterocycles. The van der Waals surface area contributed by atoms with Gasteiger partial charge in [0.1, 0.15) is 17.5 Å². The third kappa shape index (κ3) is 10.3. The molecule has 0 aliphatic carbocycles. The predicted molar refractivity (Wildman–Crippen MR) is 168 cm³/mol. The molecular weight excluding hydrogens is 651 g/mol. The second-order valence-corrected chi connectivity index (χ2v) is 13.0. The molecule has 46 heavy (non-hydrogen) atoms. The van der Waals surface area contributed by atoms with Crippen molar-refractivity contribution < 1.29 is 37.1 Å². The molecule has 1 aliphatic heterocycles. The molecule has 0 aromatic heterocycles. The first-order valence-corrected chi connectivity index (χ1v) is 15.7. The number of nitrogens with one attached hydrogen (secondary N) is 1. The van der Waals surface area contributed by atoms with Crippen LogP contribution in [0.4, 0.5) is 17.6 Å². The maximum atomic E-state index is 14.1. The first kappa shape index (κ1) is 37.5. The number of benzene rings is 2. The van der Waals surface area contributed by atoms with Crippen LogP contribution < -0.4 is 5.32 Å². The number of hydrogen-bond donors (Lipinski definition) is 2. The van der Waals surface area contributed by atoms with E-state index in [1.807, 2.05) is 11.8 Å². The van der Waals surface area contributed by atoms with Crippen molar-refractivity contribution in [1.82, 2.24) is 20.0 Å². The van der Waals surface area contributed by atoms with Crippen LogP contribution in [0.1, 0.15) is 44.7 Å². The Morgan fingerprint density at radius 2 is 1.72 bits per heavy atom. The summed E-state index contributed by atoms with van der Waals surface area (Å²) in [5.41, 5.74) is -0.527. The van der Waals surface area contributed by atoms with Crippen LogP contribution in [0.5, 0.6) is 0 Å². The molecule has 3 amide bonds. The maximum absolute atomic E-state index is 14.1. The van der Waals surface area contributed by atoms with Gasteiger partial charge in [-0.3, -0.25) is 19.3 Å². The van der Waals surface area contributed by atoms with Crippen molar-refractivity contribution in [1.29, 1.82) is 0 Å². The van der Waals surface area contributed by atoms with Crippen molar-refractivity contribution in [3.05, 3.63) is 69.5 Å². The Kier molecular flexibility index (Phi) is 12.9. The van der Waals surface area contributed by atoms with Gasteiger partial charge in [0, 0.05) is 61.8 Å². The van der Waals surface area contributed by atoms with Crippen molar-refractivity contribution in [2.24, 2.45) is 0 Å². The van der Waals surface area contributed by atoms with Crippen LogP contribution in [0.25, 0.3) is 0 Å². The lowest BCUT2D eigenvalue weighted by Crippen LogP contribution is -2.63. The Balaban J connectivity index is 1.90. The van der Waals surface area contributed by atoms with Crippen LogP contribution in [0.15, 0.2) is 42.5 Å². The molecule has 2 aromatic rings. The summed E-state index contributed by atoms with van der Waals surface area (Å²) < 4.78 is 53.5. The van der Waals surface area contributed by atoms with E-state index in [1.165, 1.54) is 38.1 Å². The summed E-state index contributed by atoms with van der Waals surface area (Å²) in [4.78, 5) is 43.2. The Morgan fingerprint density at radius 3 is 2.28 bits per heavy atom. The molecule has 1 fully saturated rings. The van der Waals surface area contributed by atoms with E-state index in [-0.39, 0.29) is 45.1 Å². The summed E-state index contributed by atoms with van der Waals surface area (Å²) in [5.74, 6) is -3.58. The molecule has 2 aromatic carbocycles. The number of amides is 3. The zero-order valence-corrected chi connectivity index (χ0v) is 27.7. The molecular formula is C32H40Cl2F4N4O4. The summed E-state index contributed by atoms with van der Waals surface area (Å²) >= 11 is 12.5. The fourth-order valence-corrected chi connectivity index (χ4v) is 6.02. The van der Waals surface area contributed by atoms with Gasteiger partial charge in [0.25, 0.3) is 5.91 Å². The molecule has 3 unspecified atom stereocenters. The Morgan fingerprint density at radius 1 is 1.07 bits per heavy atom. The summed E-state index contributed by atoms with van der Waals surface area (Å²) in [6.07, 6.45) is -3.55. The first-order valence-electron chi connectivity index (χ1n) is 15.0. The lowest BCUT2D eigenvalue weighted by Gasteiger charge is -2.46. The van der Waals surface area contributed by atoms with E-state index in [0.717, 1.165) is 7.05 Å². The molecule has 8 nitrogen and oxygen atoms in total. The summed E-state index contributed by atoms with van der Waals surface area (Å²) in [7, 11) is 1.10. The van der Waals surface area contributed by atoms with Gasteiger partial charge in [-0.1, -0.05) is 54.7 Å². The highest BCUT2D eigenvalue weighted by Crippen LogP contribution is 2.27. The van der Waals surface area contributed by atoms with E-state index in [4.69, 9.17) is 23.2 Å². The number of piperazine rings is 1. The van der Waals surface area contributed by atoms with E-state index in [2.05, 4.69) is 5.32 Å². The van der Waals surface area contributed by atoms with Crippen LogP contribution in [0.3, 0.4) is 0 Å². The molecule has 0 bridgehead atoms. The highest BCUT2D eigenvalue weighted by molar-refractivity contribution is 6.35. The molecule has 2 N–H and O–H groups in total. The highest BCUT2D eigenvalue weighted by Gasteiger charge is 2.43. The molecule has 0 spiro atoms. The Labute approximate surface area is 276 Å². The Bertz CT molecular complexity index is 1370. The van der Waals surface area contributed by atoms with Crippen LogP contribution >= 0.6 is 23.2 Å². The van der Waals surface area contributed by atoms with Gasteiger partial charge in [-0.05, 0) is 62.1 Å². The normalized spacial score (nSPS) is 17.4. The highest BCUT2D eigenvalue weighted by atomic mass is 35.5. The summed E-state index contributed by atoms with van der Waals surface area (Å²) in [6.45, 7) is 5.02. The number of hydrogen-bond acceptors (Lipinski definition) is 5. The summed E-state index contributed by atoms with van der Waals surface area (Å²) in [5, 5.41) is 13.7. The number of likely N-dealkylation sites (N-methyl/N-ethyl adjacent to an activating group) is 1. The number of aliphatic hydroxyl groups is 1. The van der Waals surface area contributed by atoms with E-state index in [0.29, 0.717) is 38.9 Å². The fourth-order valence-electron chi connectivity index (χ4n) is 5.54. The number of rotatable bonds is 12. The van der Waals surface area contributed by atoms with Crippen molar-refractivity contribution in [3.8, 4) is 0 Å². The number of carbonyl (C=O) groups is 3. The van der Waals surface area contributed by atoms with E-state index in [1.54, 1.807) is 23.1 Å². The van der Waals surface area contributed by atoms with E-state index in [9.17, 15) is 37.1 Å². The SMILES string of the molecule is CCCC1CN(C(Cc2ccc(Cl)cc2Cl)CN(C)C(=O)C(F)(F)F)CCN1C(=O)C(Cc1ccc(F)cc1)NC(=O)C(C)(C)O. The zero-order valence-electron chi connectivity index (χ0n) is 26.2. The lowest BCUT2D eigenvalue weighted by molar-refractivity contribution is -0.184. The molecule has 0 radical (unpaired) electrons. The van der Waals surface area contributed by atoms with Gasteiger partial charge in [-0.2, -0.15) is 13.2 Å². The van der Waals surface area contributed by atoms with Crippen molar-refractivity contribution in [3.63, 3.8) is 0 Å². The van der Waals surface area contributed by atoms with Gasteiger partial charge in [0.2, 0.25) is 5.91 Å². The topological polar surface area (TPSA) is 93.2 Å². The van der Waals surface area contributed by atoms with E-state index >= 15 is 0 Å². The van der Waals surface area contributed by atoms with Gasteiger partial charge >= 0.3 is 12.1 Å². The van der Waals surface area contributed by atoms with Gasteiger partial charge in [-0.25, -0.2) is 4.39 Å². The molecule has 14 heteroatoms. The van der Waals surface area contributed by atoms with Crippen LogP contribution in [-0.4, -0.2) is 101 Å². The average Bonchev–Trinajstić information content (AvgIpc) is 2.97. The fraction of sp³-hybridized carbons (Fsp3) is 0.531. The van der Waals surface area contributed by atoms with E-state index < -0.39 is 47.4 Å². The van der Waals surface area contributed by atoms with Crippen molar-refractivity contribution >= 4 is 40.9 Å². The quantitative estimate of drug-likeness (QED) is 0.310. The third-order valence-electron chi connectivity index (χ3n) is 7.99. The molecule has 1 aliphatic rings. The molecule has 0 saturated carbocycles. The number of carbonyl (C=O) groups excluding carboxylic acids is 3. The smallest absolute Gasteiger partial charge is 0.381 e. The standard InChI is InChI=1S/C32H40Cl2F4N4O4/c1-5-6-24-19-41(25(18-40(4)30(45)32(36,37)38)16-21-9-10-22(33)17-26(21)34)13-14-42(24)28(43)27(39-29(44)31(2,3)46)15-20-7-11-23(35)12-8-20/h7-12,17,24-25,27,46H,5-6,13-16,18-19H2,1-4H3,(H,39,44). The Hall–Kier alpha value is -2.93. The number of halogens is 6. The third-order valence-corrected chi connectivity index (χ3v) is 8.58. The second-order valence-electron chi connectivity index (χ2n) is 12.2. The van der Waals surface area contributed by atoms with Gasteiger partial charge < -0.3 is 20.2 Å². The van der Waals surface area contributed by atoms with Gasteiger partial charge in [0.05, 0.1) is 0 Å². The maximum Gasteiger partial charge on any atom is 0.471 e. The predicted octanol–water partition coefficient (Wildman–Crippen LogP) is 4.88. The van der Waals surface area contributed by atoms with Crippen LogP contribution in [0, 0.1) is 5.82 Å². The molecule has 1 saturated heterocycles. The minimum absolute atomic E-state index is 0.0437. The molecule has 254 valence electrons. The largest absolute Gasteiger partial charge is 0.471 e. The molecule has 3 rings (SSSR count). The lowest BCUT2D eigenvalue weighted by atomic mass is 9.97. The minimum Gasteiger partial charge on any atom is -0.381 e. The van der Waals surface area contributed by atoms with Crippen molar-refractivity contribution in [2.45, 2.75) is 76.4 Å². The summed E-state index contributed by atoms with van der Waals surface area (Å²) in [6, 6.07) is 8.35. The van der Waals surface area contributed by atoms with Gasteiger partial charge in [-0.15, -0.1) is 0 Å². The number of alkyl halides is 3. The van der Waals surface area contributed by atoms with Gasteiger partial charge in [0.15, 0.2) is 0 Å². The number of nitrogens with zero attached hydrogens (tertiary/aromatic N) is 3. The first-order chi connectivity index (χ1) is 21.4. The second kappa shape index (κ2) is 15.8. The monoisotopic (exact) mass is 690 g/mol. The zero-order chi connectivity index (χ0) is 34.4. The van der Waals surface area contributed by atoms with Crippen molar-refractivity contribution in [2.75, 3.05) is 33.2 Å². The minimum atomic E-state index is -5.04. The molecule has 3 atom stereocenters. The average molecular weight is 692 g/mol.